The third-order valence-corrected chi connectivity index (χ3v) is 5.57. The zero-order chi connectivity index (χ0) is 21.8. The number of nitrogens with zero attached hydrogens (tertiary/aromatic N) is 1. The van der Waals surface area contributed by atoms with E-state index in [0.29, 0.717) is 13.1 Å². The lowest BCUT2D eigenvalue weighted by atomic mass is 9.96. The first kappa shape index (κ1) is 20.5. The first-order valence-corrected chi connectivity index (χ1v) is 10.1. The smallest absolute Gasteiger partial charge is 0.407 e. The highest BCUT2D eigenvalue weighted by Crippen LogP contribution is 2.44. The van der Waals surface area contributed by atoms with Crippen LogP contribution in [0.5, 0.6) is 0 Å². The summed E-state index contributed by atoms with van der Waals surface area (Å²) in [5.74, 6) is 3.81. The van der Waals surface area contributed by atoms with Gasteiger partial charge in [0.1, 0.15) is 6.61 Å². The molecule has 0 saturated carbocycles. The van der Waals surface area contributed by atoms with Crippen LogP contribution in [0.25, 0.3) is 11.1 Å². The highest BCUT2D eigenvalue weighted by Gasteiger charge is 2.31. The fourth-order valence-electron chi connectivity index (χ4n) is 4.08. The van der Waals surface area contributed by atoms with Crippen molar-refractivity contribution < 1.29 is 24.2 Å². The molecule has 0 aromatic heterocycles. The number of hydrogen-bond donors (Lipinski definition) is 2. The number of carboxylic acid groups (broad SMARTS) is 1. The number of likely N-dealkylation sites (tertiary alicyclic amines) is 1. The zero-order valence-electron chi connectivity index (χ0n) is 16.8. The Morgan fingerprint density at radius 1 is 1.03 bits per heavy atom. The lowest BCUT2D eigenvalue weighted by Gasteiger charge is -2.37. The molecule has 0 bridgehead atoms. The third-order valence-electron chi connectivity index (χ3n) is 5.57. The molecular weight excluding hydrogens is 396 g/mol. The van der Waals surface area contributed by atoms with Crippen LogP contribution in [0.1, 0.15) is 23.5 Å². The molecule has 0 unspecified atom stereocenters. The van der Waals surface area contributed by atoms with Crippen molar-refractivity contribution in [1.82, 2.24) is 10.2 Å². The second-order valence-corrected chi connectivity index (χ2v) is 7.65. The van der Waals surface area contributed by atoms with Crippen molar-refractivity contribution in [2.24, 2.45) is 5.92 Å². The Balaban J connectivity index is 1.24. The Morgan fingerprint density at radius 2 is 1.65 bits per heavy atom. The number of hydrogen-bond acceptors (Lipinski definition) is 4. The van der Waals surface area contributed by atoms with Crippen LogP contribution in [0, 0.1) is 17.8 Å². The maximum atomic E-state index is 12.1. The number of carbonyl (C=O) groups is 3. The first-order chi connectivity index (χ1) is 15.0. The molecular formula is C24H22N2O5. The number of carboxylic acids is 1. The predicted octanol–water partition coefficient (Wildman–Crippen LogP) is 2.46. The topological polar surface area (TPSA) is 95.9 Å². The number of ether oxygens (including phenoxy) is 1. The maximum absolute atomic E-state index is 12.1. The summed E-state index contributed by atoms with van der Waals surface area (Å²) in [5.41, 5.74) is 4.59. The molecule has 0 atom stereocenters. The molecule has 1 aliphatic heterocycles. The van der Waals surface area contributed by atoms with Crippen LogP contribution in [0.2, 0.25) is 0 Å². The number of carbonyl (C=O) groups excluding carboxylic acids is 2. The molecule has 2 aliphatic rings. The largest absolute Gasteiger partial charge is 0.481 e. The molecule has 7 nitrogen and oxygen atoms in total. The van der Waals surface area contributed by atoms with E-state index in [1.54, 1.807) is 0 Å². The standard InChI is InChI=1S/C24H22N2O5/c27-22(26-13-16(14-26)12-23(28)29)10-5-11-25-24(30)31-15-21-19-8-3-1-6-17(19)18-7-2-4-9-20(18)21/h1-4,6-9,16,21H,11-15H2,(H,25,30)(H,28,29). The minimum Gasteiger partial charge on any atom is -0.481 e. The van der Waals surface area contributed by atoms with E-state index in [1.165, 1.54) is 4.90 Å². The number of aliphatic carboxylic acids is 1. The summed E-state index contributed by atoms with van der Waals surface area (Å²) in [5, 5.41) is 11.3. The quantitative estimate of drug-likeness (QED) is 0.728. The molecule has 1 aliphatic carbocycles. The minimum absolute atomic E-state index is 0.00515. The Bertz CT molecular complexity index is 1030. The molecule has 2 N–H and O–H groups in total. The summed E-state index contributed by atoms with van der Waals surface area (Å²) >= 11 is 0. The number of alkyl carbamates (subject to hydrolysis) is 1. The van der Waals surface area contributed by atoms with Crippen molar-refractivity contribution in [2.75, 3.05) is 26.2 Å². The van der Waals surface area contributed by atoms with E-state index in [-0.39, 0.29) is 37.3 Å². The van der Waals surface area contributed by atoms with E-state index < -0.39 is 12.1 Å². The minimum atomic E-state index is -0.865. The molecule has 2 amide bonds. The van der Waals surface area contributed by atoms with Crippen molar-refractivity contribution >= 4 is 18.0 Å². The molecule has 2 aromatic carbocycles. The SMILES string of the molecule is O=C(O)CC1CN(C(=O)C#CCNC(=O)OCC2c3ccccc3-c3ccccc32)C1. The van der Waals surface area contributed by atoms with Crippen LogP contribution in [-0.2, 0) is 14.3 Å². The second kappa shape index (κ2) is 8.92. The Labute approximate surface area is 180 Å². The molecule has 7 heteroatoms. The van der Waals surface area contributed by atoms with Gasteiger partial charge in [0, 0.05) is 24.9 Å². The molecule has 0 radical (unpaired) electrons. The Morgan fingerprint density at radius 3 is 2.26 bits per heavy atom. The van der Waals surface area contributed by atoms with E-state index in [9.17, 15) is 14.4 Å². The maximum Gasteiger partial charge on any atom is 0.407 e. The molecule has 1 heterocycles. The number of nitrogens with one attached hydrogen (secondary N) is 1. The van der Waals surface area contributed by atoms with Gasteiger partial charge in [0.2, 0.25) is 0 Å². The molecule has 1 saturated heterocycles. The summed E-state index contributed by atoms with van der Waals surface area (Å²) in [7, 11) is 0. The van der Waals surface area contributed by atoms with Crippen LogP contribution in [0.4, 0.5) is 4.79 Å². The van der Waals surface area contributed by atoms with Crippen LogP contribution in [0.15, 0.2) is 48.5 Å². The van der Waals surface area contributed by atoms with Crippen molar-refractivity contribution in [2.45, 2.75) is 12.3 Å². The predicted molar refractivity (Wildman–Crippen MR) is 113 cm³/mol. The van der Waals surface area contributed by atoms with Gasteiger partial charge in [-0.1, -0.05) is 54.5 Å². The fraction of sp³-hybridized carbons (Fsp3) is 0.292. The van der Waals surface area contributed by atoms with E-state index in [4.69, 9.17) is 9.84 Å². The summed E-state index contributed by atoms with van der Waals surface area (Å²) in [6.07, 6.45) is -0.533. The van der Waals surface area contributed by atoms with Gasteiger partial charge in [-0.15, -0.1) is 0 Å². The molecule has 31 heavy (non-hydrogen) atoms. The Hall–Kier alpha value is -3.79. The average Bonchev–Trinajstić information content (AvgIpc) is 3.05. The lowest BCUT2D eigenvalue weighted by molar-refractivity contribution is -0.142. The van der Waals surface area contributed by atoms with Gasteiger partial charge < -0.3 is 20.1 Å². The van der Waals surface area contributed by atoms with Crippen LogP contribution < -0.4 is 5.32 Å². The average molecular weight is 418 g/mol. The van der Waals surface area contributed by atoms with Crippen LogP contribution in [0.3, 0.4) is 0 Å². The number of amides is 2. The summed E-state index contributed by atoms with van der Waals surface area (Å²) in [4.78, 5) is 36.1. The van der Waals surface area contributed by atoms with Crippen molar-refractivity contribution in [3.05, 3.63) is 59.7 Å². The van der Waals surface area contributed by atoms with E-state index in [1.807, 2.05) is 24.3 Å². The third kappa shape index (κ3) is 4.53. The lowest BCUT2D eigenvalue weighted by Crippen LogP contribution is -2.50. The fourth-order valence-corrected chi connectivity index (χ4v) is 4.08. The van der Waals surface area contributed by atoms with Crippen molar-refractivity contribution in [3.63, 3.8) is 0 Å². The van der Waals surface area contributed by atoms with Crippen molar-refractivity contribution in [3.8, 4) is 23.0 Å². The van der Waals surface area contributed by atoms with E-state index in [0.717, 1.165) is 22.3 Å². The van der Waals surface area contributed by atoms with Gasteiger partial charge in [-0.2, -0.15) is 0 Å². The normalized spacial score (nSPS) is 14.5. The molecule has 0 spiro atoms. The molecule has 4 rings (SSSR count). The summed E-state index contributed by atoms with van der Waals surface area (Å²) < 4.78 is 5.41. The van der Waals surface area contributed by atoms with Crippen LogP contribution >= 0.6 is 0 Å². The Kier molecular flexibility index (Phi) is 5.89. The second-order valence-electron chi connectivity index (χ2n) is 7.65. The number of fused-ring (bicyclic) bond motifs is 3. The van der Waals surface area contributed by atoms with Gasteiger partial charge in [-0.05, 0) is 28.2 Å². The van der Waals surface area contributed by atoms with Gasteiger partial charge in [0.15, 0.2) is 0 Å². The summed E-state index contributed by atoms with van der Waals surface area (Å²) in [6.45, 7) is 1.01. The number of rotatable bonds is 5. The van der Waals surface area contributed by atoms with Crippen LogP contribution in [-0.4, -0.2) is 54.2 Å². The highest BCUT2D eigenvalue weighted by molar-refractivity contribution is 5.94. The molecule has 158 valence electrons. The van der Waals surface area contributed by atoms with E-state index >= 15 is 0 Å². The van der Waals surface area contributed by atoms with Gasteiger partial charge in [0.25, 0.3) is 5.91 Å². The van der Waals surface area contributed by atoms with Gasteiger partial charge >= 0.3 is 12.1 Å². The summed E-state index contributed by atoms with van der Waals surface area (Å²) in [6, 6.07) is 16.2. The van der Waals surface area contributed by atoms with Gasteiger partial charge in [0.05, 0.1) is 13.0 Å². The van der Waals surface area contributed by atoms with E-state index in [2.05, 4.69) is 41.4 Å². The highest BCUT2D eigenvalue weighted by atomic mass is 16.5. The first-order valence-electron chi connectivity index (χ1n) is 10.1. The molecule has 1 fully saturated rings. The van der Waals surface area contributed by atoms with Gasteiger partial charge in [-0.3, -0.25) is 9.59 Å². The number of benzene rings is 2. The van der Waals surface area contributed by atoms with Gasteiger partial charge in [-0.25, -0.2) is 4.79 Å². The monoisotopic (exact) mass is 418 g/mol. The molecule has 2 aromatic rings. The zero-order valence-corrected chi connectivity index (χ0v) is 16.8. The van der Waals surface area contributed by atoms with Crippen molar-refractivity contribution in [1.29, 1.82) is 0 Å².